The Morgan fingerprint density at radius 3 is 2.79 bits per heavy atom. The average molecular weight is 323 g/mol. The number of nitrogens with zero attached hydrogens (tertiary/aromatic N) is 2. The molecule has 2 heterocycles. The van der Waals surface area contributed by atoms with Crippen molar-refractivity contribution in [2.75, 3.05) is 7.11 Å². The fourth-order valence-electron chi connectivity index (χ4n) is 2.63. The van der Waals surface area contributed by atoms with Crippen LogP contribution in [-0.2, 0) is 13.6 Å². The number of pyridine rings is 2. The number of nitrogens with one attached hydrogen (secondary N) is 1. The number of rotatable bonds is 4. The van der Waals surface area contributed by atoms with Gasteiger partial charge in [0.1, 0.15) is 11.3 Å². The number of hydrogen-bond acceptors (Lipinski definition) is 4. The molecule has 6 nitrogen and oxygen atoms in total. The molecule has 0 bridgehead atoms. The molecule has 3 aromatic rings. The molecule has 1 aromatic carbocycles. The number of carbonyl (C=O) groups excluding carboxylic acids is 1. The molecule has 0 atom stereocenters. The number of aromatic nitrogens is 2. The lowest BCUT2D eigenvalue weighted by atomic mass is 10.1. The smallest absolute Gasteiger partial charge is 0.257 e. The van der Waals surface area contributed by atoms with E-state index in [-0.39, 0.29) is 17.5 Å². The van der Waals surface area contributed by atoms with Crippen molar-refractivity contribution in [1.82, 2.24) is 14.9 Å². The first-order valence-corrected chi connectivity index (χ1v) is 7.46. The van der Waals surface area contributed by atoms with Crippen molar-refractivity contribution in [2.24, 2.45) is 7.05 Å². The molecule has 0 aliphatic heterocycles. The van der Waals surface area contributed by atoms with Crippen LogP contribution in [0.15, 0.2) is 53.6 Å². The van der Waals surface area contributed by atoms with Gasteiger partial charge in [0.25, 0.3) is 5.91 Å². The fourth-order valence-corrected chi connectivity index (χ4v) is 2.63. The monoisotopic (exact) mass is 323 g/mol. The van der Waals surface area contributed by atoms with E-state index >= 15 is 0 Å². The van der Waals surface area contributed by atoms with Crippen LogP contribution in [0.1, 0.15) is 16.1 Å². The zero-order valence-corrected chi connectivity index (χ0v) is 13.4. The van der Waals surface area contributed by atoms with Gasteiger partial charge in [0, 0.05) is 19.4 Å². The molecule has 0 fully saturated rings. The Hall–Kier alpha value is -3.15. The molecule has 1 amide bonds. The fraction of sp³-hybridized carbons (Fsp3) is 0.167. The van der Waals surface area contributed by atoms with Crippen molar-refractivity contribution in [3.63, 3.8) is 0 Å². The largest absolute Gasteiger partial charge is 0.495 e. The Bertz CT molecular complexity index is 949. The maximum atomic E-state index is 12.7. The Kier molecular flexibility index (Phi) is 4.29. The van der Waals surface area contributed by atoms with E-state index in [0.717, 1.165) is 5.69 Å². The minimum absolute atomic E-state index is 0.0918. The molecule has 2 aromatic heterocycles. The lowest BCUT2D eigenvalue weighted by Crippen LogP contribution is -2.29. The topological polar surface area (TPSA) is 73.2 Å². The Balaban J connectivity index is 1.96. The summed E-state index contributed by atoms with van der Waals surface area (Å²) >= 11 is 0. The van der Waals surface area contributed by atoms with Crippen LogP contribution < -0.4 is 15.5 Å². The highest BCUT2D eigenvalue weighted by molar-refractivity contribution is 5.98. The summed E-state index contributed by atoms with van der Waals surface area (Å²) < 4.78 is 7.03. The molecule has 3 rings (SSSR count). The van der Waals surface area contributed by atoms with E-state index in [1.807, 2.05) is 12.1 Å². The van der Waals surface area contributed by atoms with Crippen LogP contribution in [0.5, 0.6) is 5.75 Å². The van der Waals surface area contributed by atoms with E-state index in [4.69, 9.17) is 4.74 Å². The van der Waals surface area contributed by atoms with Gasteiger partial charge in [-0.3, -0.25) is 14.6 Å². The zero-order valence-electron chi connectivity index (χ0n) is 13.4. The third-order valence-corrected chi connectivity index (χ3v) is 3.78. The number of ether oxygens (including phenoxy) is 1. The summed E-state index contributed by atoms with van der Waals surface area (Å²) in [7, 11) is 3.33. The molecular weight excluding hydrogens is 306 g/mol. The number of carbonyl (C=O) groups is 1. The van der Waals surface area contributed by atoms with Crippen molar-refractivity contribution in [1.29, 1.82) is 0 Å². The van der Waals surface area contributed by atoms with Crippen molar-refractivity contribution in [3.8, 4) is 5.75 Å². The molecule has 0 saturated carbocycles. The van der Waals surface area contributed by atoms with Gasteiger partial charge < -0.3 is 14.6 Å². The number of benzene rings is 1. The summed E-state index contributed by atoms with van der Waals surface area (Å²) in [6, 6.07) is 10.7. The molecule has 0 unspecified atom stereocenters. The van der Waals surface area contributed by atoms with Gasteiger partial charge in [-0.15, -0.1) is 0 Å². The van der Waals surface area contributed by atoms with Gasteiger partial charge in [-0.2, -0.15) is 0 Å². The Morgan fingerprint density at radius 2 is 2.08 bits per heavy atom. The lowest BCUT2D eigenvalue weighted by molar-refractivity contribution is 0.0949. The van der Waals surface area contributed by atoms with Crippen molar-refractivity contribution >= 4 is 16.8 Å². The van der Waals surface area contributed by atoms with E-state index in [1.54, 1.807) is 49.2 Å². The Morgan fingerprint density at radius 1 is 1.25 bits per heavy atom. The standard InChI is InChI=1S/C18H17N3O3/c1-21-11-14(18(23)20-10-12-6-3-4-9-19-12)17(22)13-7-5-8-15(24-2)16(13)21/h3-9,11H,10H2,1-2H3,(H,20,23). The van der Waals surface area contributed by atoms with Crippen LogP contribution in [0.3, 0.4) is 0 Å². The SMILES string of the molecule is COc1cccc2c(=O)c(C(=O)NCc3ccccn3)cn(C)c12. The number of para-hydroxylation sites is 1. The van der Waals surface area contributed by atoms with Crippen LogP contribution in [0.25, 0.3) is 10.9 Å². The van der Waals surface area contributed by atoms with Crippen molar-refractivity contribution in [2.45, 2.75) is 6.54 Å². The summed E-state index contributed by atoms with van der Waals surface area (Å²) in [5.74, 6) is 0.165. The maximum Gasteiger partial charge on any atom is 0.257 e. The molecule has 6 heteroatoms. The summed E-state index contributed by atoms with van der Waals surface area (Å²) in [5, 5.41) is 3.18. The predicted molar refractivity (Wildman–Crippen MR) is 91.1 cm³/mol. The highest BCUT2D eigenvalue weighted by Crippen LogP contribution is 2.22. The first kappa shape index (κ1) is 15.7. The minimum Gasteiger partial charge on any atom is -0.495 e. The summed E-state index contributed by atoms with van der Waals surface area (Å²) in [6.07, 6.45) is 3.18. The molecular formula is C18H17N3O3. The highest BCUT2D eigenvalue weighted by Gasteiger charge is 2.16. The van der Waals surface area contributed by atoms with Crippen LogP contribution in [0.4, 0.5) is 0 Å². The molecule has 122 valence electrons. The van der Waals surface area contributed by atoms with E-state index in [9.17, 15) is 9.59 Å². The van der Waals surface area contributed by atoms with Crippen LogP contribution in [-0.4, -0.2) is 22.6 Å². The van der Waals surface area contributed by atoms with Gasteiger partial charge in [0.15, 0.2) is 0 Å². The molecule has 0 saturated heterocycles. The second-order valence-electron chi connectivity index (χ2n) is 5.34. The minimum atomic E-state index is -0.425. The third kappa shape index (κ3) is 2.86. The average Bonchev–Trinajstić information content (AvgIpc) is 2.62. The third-order valence-electron chi connectivity index (χ3n) is 3.78. The second kappa shape index (κ2) is 6.54. The highest BCUT2D eigenvalue weighted by atomic mass is 16.5. The van der Waals surface area contributed by atoms with Gasteiger partial charge in [-0.25, -0.2) is 0 Å². The van der Waals surface area contributed by atoms with E-state index in [1.165, 1.54) is 6.20 Å². The number of hydrogen-bond donors (Lipinski definition) is 1. The summed E-state index contributed by atoms with van der Waals surface area (Å²) in [5.41, 5.74) is 1.16. The van der Waals surface area contributed by atoms with Crippen LogP contribution >= 0.6 is 0 Å². The van der Waals surface area contributed by atoms with Crippen LogP contribution in [0.2, 0.25) is 0 Å². The predicted octanol–water partition coefficient (Wildman–Crippen LogP) is 1.87. The normalized spacial score (nSPS) is 10.6. The number of methoxy groups -OCH3 is 1. The van der Waals surface area contributed by atoms with Gasteiger partial charge in [-0.05, 0) is 24.3 Å². The quantitative estimate of drug-likeness (QED) is 0.795. The maximum absolute atomic E-state index is 12.7. The number of aryl methyl sites for hydroxylation is 1. The molecule has 0 radical (unpaired) electrons. The molecule has 0 aliphatic carbocycles. The van der Waals surface area contributed by atoms with Gasteiger partial charge in [0.2, 0.25) is 5.43 Å². The first-order valence-electron chi connectivity index (χ1n) is 7.46. The van der Waals surface area contributed by atoms with Crippen molar-refractivity contribution in [3.05, 3.63) is 70.3 Å². The molecule has 24 heavy (non-hydrogen) atoms. The van der Waals surface area contributed by atoms with Gasteiger partial charge in [0.05, 0.1) is 30.3 Å². The summed E-state index contributed by atoms with van der Waals surface area (Å²) in [4.78, 5) is 29.2. The lowest BCUT2D eigenvalue weighted by Gasteiger charge is -2.12. The van der Waals surface area contributed by atoms with Gasteiger partial charge in [-0.1, -0.05) is 12.1 Å². The molecule has 0 aliphatic rings. The van der Waals surface area contributed by atoms with E-state index < -0.39 is 5.91 Å². The molecule has 1 N–H and O–H groups in total. The number of fused-ring (bicyclic) bond motifs is 1. The van der Waals surface area contributed by atoms with Gasteiger partial charge >= 0.3 is 0 Å². The van der Waals surface area contributed by atoms with E-state index in [2.05, 4.69) is 10.3 Å². The van der Waals surface area contributed by atoms with Crippen molar-refractivity contribution < 1.29 is 9.53 Å². The number of amides is 1. The van der Waals surface area contributed by atoms with Crippen LogP contribution in [0, 0.1) is 0 Å². The first-order chi connectivity index (χ1) is 11.6. The van der Waals surface area contributed by atoms with E-state index in [0.29, 0.717) is 16.7 Å². The second-order valence-corrected chi connectivity index (χ2v) is 5.34. The zero-order chi connectivity index (χ0) is 17.1. The molecule has 0 spiro atoms. The Labute approximate surface area is 138 Å². The summed E-state index contributed by atoms with van der Waals surface area (Å²) in [6.45, 7) is 0.263.